The highest BCUT2D eigenvalue weighted by Gasteiger charge is 2.09. The van der Waals surface area contributed by atoms with Gasteiger partial charge in [-0.2, -0.15) is 0 Å². The number of rotatable bonds is 8. The molecule has 0 atom stereocenters. The van der Waals surface area contributed by atoms with Crippen molar-refractivity contribution < 1.29 is 0 Å². The third kappa shape index (κ3) is 5.21. The van der Waals surface area contributed by atoms with Crippen molar-refractivity contribution in [2.45, 2.75) is 19.5 Å². The number of nitrogens with one attached hydrogen (secondary N) is 2. The average Bonchev–Trinajstić information content (AvgIpc) is 3.26. The fourth-order valence-corrected chi connectivity index (χ4v) is 3.90. The summed E-state index contributed by atoms with van der Waals surface area (Å²) in [5.41, 5.74) is 6.56. The highest BCUT2D eigenvalue weighted by Crippen LogP contribution is 2.19. The van der Waals surface area contributed by atoms with Gasteiger partial charge in [-0.15, -0.1) is 0 Å². The summed E-state index contributed by atoms with van der Waals surface area (Å²) in [7, 11) is 2.06. The smallest absolute Gasteiger partial charge is 0.179 e. The van der Waals surface area contributed by atoms with Crippen LogP contribution >= 0.6 is 0 Å². The number of pyridine rings is 1. The molecule has 5 heteroatoms. The molecule has 0 radical (unpaired) electrons. The maximum absolute atomic E-state index is 4.77. The minimum Gasteiger partial charge on any atom is -0.381 e. The molecule has 3 aromatic carbocycles. The van der Waals surface area contributed by atoms with E-state index in [1.165, 1.54) is 16.7 Å². The van der Waals surface area contributed by atoms with Gasteiger partial charge in [0, 0.05) is 32.2 Å². The quantitative estimate of drug-likeness (QED) is 0.325. The van der Waals surface area contributed by atoms with Gasteiger partial charge >= 0.3 is 0 Å². The van der Waals surface area contributed by atoms with Crippen LogP contribution in [0, 0.1) is 0 Å². The van der Waals surface area contributed by atoms with Crippen LogP contribution in [0.1, 0.15) is 22.5 Å². The molecule has 0 saturated carbocycles. The number of H-pyrrole nitrogens is 1. The average molecular weight is 434 g/mol. The van der Waals surface area contributed by atoms with E-state index in [1.54, 1.807) is 0 Å². The molecule has 0 aliphatic heterocycles. The molecular formula is C28H27N5. The third-order valence-electron chi connectivity index (χ3n) is 5.70. The third-order valence-corrected chi connectivity index (χ3v) is 5.70. The molecule has 0 spiro atoms. The van der Waals surface area contributed by atoms with Gasteiger partial charge in [0.25, 0.3) is 0 Å². The number of anilines is 2. The van der Waals surface area contributed by atoms with Crippen molar-refractivity contribution in [2.24, 2.45) is 0 Å². The van der Waals surface area contributed by atoms with Gasteiger partial charge in [-0.1, -0.05) is 72.8 Å². The first-order valence-corrected chi connectivity index (χ1v) is 11.2. The van der Waals surface area contributed by atoms with Gasteiger partial charge < -0.3 is 15.2 Å². The van der Waals surface area contributed by atoms with Gasteiger partial charge in [0.1, 0.15) is 11.6 Å². The molecule has 0 bridgehead atoms. The van der Waals surface area contributed by atoms with Gasteiger partial charge in [0.05, 0.1) is 5.52 Å². The van der Waals surface area contributed by atoms with E-state index in [0.717, 1.165) is 48.0 Å². The molecule has 2 heterocycles. The Morgan fingerprint density at radius 2 is 1.42 bits per heavy atom. The van der Waals surface area contributed by atoms with Crippen molar-refractivity contribution in [3.8, 4) is 0 Å². The van der Waals surface area contributed by atoms with Crippen LogP contribution in [0.3, 0.4) is 0 Å². The standard InChI is InChI=1S/C28H27N5/c1-33(20-23-10-6-3-7-11-23)27-17-16-25-28(32-27)31-26(30-25)18-21-12-14-24(15-13-21)29-19-22-8-4-2-5-9-22/h2-17,29H,18-20H2,1H3,(H,30,31,32). The molecule has 0 fully saturated rings. The van der Waals surface area contributed by atoms with Crippen LogP contribution in [0.15, 0.2) is 97.1 Å². The lowest BCUT2D eigenvalue weighted by atomic mass is 10.1. The molecule has 2 N–H and O–H groups in total. The SMILES string of the molecule is CN(Cc1ccccc1)c1ccc2[nH]c(Cc3ccc(NCc4ccccc4)cc3)nc2n1. The van der Waals surface area contributed by atoms with Crippen LogP contribution in [-0.2, 0) is 19.5 Å². The van der Waals surface area contributed by atoms with Crippen LogP contribution in [0.2, 0.25) is 0 Å². The highest BCUT2D eigenvalue weighted by atomic mass is 15.2. The molecular weight excluding hydrogens is 406 g/mol. The molecule has 164 valence electrons. The number of hydrogen-bond donors (Lipinski definition) is 2. The minimum absolute atomic E-state index is 0.741. The number of nitrogens with zero attached hydrogens (tertiary/aromatic N) is 3. The molecule has 5 aromatic rings. The molecule has 0 saturated heterocycles. The van der Waals surface area contributed by atoms with E-state index < -0.39 is 0 Å². The zero-order valence-corrected chi connectivity index (χ0v) is 18.7. The van der Waals surface area contributed by atoms with E-state index in [2.05, 4.69) is 101 Å². The summed E-state index contributed by atoms with van der Waals surface area (Å²) in [6.07, 6.45) is 0.741. The van der Waals surface area contributed by atoms with Crippen molar-refractivity contribution in [2.75, 3.05) is 17.3 Å². The van der Waals surface area contributed by atoms with Crippen molar-refractivity contribution in [1.29, 1.82) is 0 Å². The van der Waals surface area contributed by atoms with Gasteiger partial charge in [-0.05, 0) is 41.0 Å². The number of benzene rings is 3. The fraction of sp³-hybridized carbons (Fsp3) is 0.143. The zero-order valence-electron chi connectivity index (χ0n) is 18.7. The summed E-state index contributed by atoms with van der Waals surface area (Å²) in [5, 5.41) is 3.47. The van der Waals surface area contributed by atoms with Crippen LogP contribution in [0.5, 0.6) is 0 Å². The van der Waals surface area contributed by atoms with E-state index >= 15 is 0 Å². The highest BCUT2D eigenvalue weighted by molar-refractivity contribution is 5.73. The van der Waals surface area contributed by atoms with E-state index in [-0.39, 0.29) is 0 Å². The van der Waals surface area contributed by atoms with Gasteiger partial charge in [0.15, 0.2) is 5.65 Å². The van der Waals surface area contributed by atoms with E-state index in [9.17, 15) is 0 Å². The summed E-state index contributed by atoms with van der Waals surface area (Å²) in [4.78, 5) is 15.1. The van der Waals surface area contributed by atoms with Crippen molar-refractivity contribution >= 4 is 22.7 Å². The Kier molecular flexibility index (Phi) is 6.02. The summed E-state index contributed by atoms with van der Waals surface area (Å²) in [6.45, 7) is 1.62. The maximum atomic E-state index is 4.77. The molecule has 0 unspecified atom stereocenters. The second kappa shape index (κ2) is 9.57. The molecule has 0 aliphatic carbocycles. The number of aromatic amines is 1. The Morgan fingerprint density at radius 1 is 0.727 bits per heavy atom. The monoisotopic (exact) mass is 433 g/mol. The lowest BCUT2D eigenvalue weighted by molar-refractivity contribution is 0.901. The zero-order chi connectivity index (χ0) is 22.5. The molecule has 0 aliphatic rings. The Balaban J connectivity index is 1.23. The first-order valence-electron chi connectivity index (χ1n) is 11.2. The second-order valence-corrected chi connectivity index (χ2v) is 8.28. The Labute approximate surface area is 194 Å². The van der Waals surface area contributed by atoms with Crippen LogP contribution in [0.4, 0.5) is 11.5 Å². The summed E-state index contributed by atoms with van der Waals surface area (Å²) < 4.78 is 0. The predicted molar refractivity (Wildman–Crippen MR) is 135 cm³/mol. The lowest BCUT2D eigenvalue weighted by Gasteiger charge is -2.17. The molecule has 0 amide bonds. The van der Waals surface area contributed by atoms with E-state index in [4.69, 9.17) is 9.97 Å². The summed E-state index contributed by atoms with van der Waals surface area (Å²) >= 11 is 0. The van der Waals surface area contributed by atoms with E-state index in [1.807, 2.05) is 18.2 Å². The number of imidazole rings is 1. The van der Waals surface area contributed by atoms with Crippen molar-refractivity contribution in [1.82, 2.24) is 15.0 Å². The summed E-state index contributed by atoms with van der Waals surface area (Å²) in [6, 6.07) is 33.5. The number of hydrogen-bond acceptors (Lipinski definition) is 4. The van der Waals surface area contributed by atoms with Crippen LogP contribution < -0.4 is 10.2 Å². The normalized spacial score (nSPS) is 10.9. The largest absolute Gasteiger partial charge is 0.381 e. The minimum atomic E-state index is 0.741. The Hall–Kier alpha value is -4.12. The van der Waals surface area contributed by atoms with Crippen LogP contribution in [0.25, 0.3) is 11.2 Å². The number of aromatic nitrogens is 3. The molecule has 5 nitrogen and oxygen atoms in total. The first kappa shape index (κ1) is 20.8. The van der Waals surface area contributed by atoms with Gasteiger partial charge in [-0.3, -0.25) is 0 Å². The second-order valence-electron chi connectivity index (χ2n) is 8.28. The topological polar surface area (TPSA) is 56.8 Å². The van der Waals surface area contributed by atoms with Crippen molar-refractivity contribution in [3.63, 3.8) is 0 Å². The summed E-state index contributed by atoms with van der Waals surface area (Å²) in [5.74, 6) is 1.84. The lowest BCUT2D eigenvalue weighted by Crippen LogP contribution is -2.17. The molecule has 2 aromatic heterocycles. The van der Waals surface area contributed by atoms with Crippen LogP contribution in [-0.4, -0.2) is 22.0 Å². The molecule has 33 heavy (non-hydrogen) atoms. The Bertz CT molecular complexity index is 1310. The fourth-order valence-electron chi connectivity index (χ4n) is 3.90. The van der Waals surface area contributed by atoms with E-state index in [0.29, 0.717) is 0 Å². The maximum Gasteiger partial charge on any atom is 0.179 e. The molecule has 5 rings (SSSR count). The number of fused-ring (bicyclic) bond motifs is 1. The van der Waals surface area contributed by atoms with Crippen molar-refractivity contribution in [3.05, 3.63) is 120 Å². The predicted octanol–water partition coefficient (Wildman–Crippen LogP) is 5.80. The Morgan fingerprint density at radius 3 is 2.15 bits per heavy atom. The van der Waals surface area contributed by atoms with Gasteiger partial charge in [-0.25, -0.2) is 9.97 Å². The first-order chi connectivity index (χ1) is 16.2. The van der Waals surface area contributed by atoms with Gasteiger partial charge in [0.2, 0.25) is 0 Å².